The van der Waals surface area contributed by atoms with Gasteiger partial charge in [-0.2, -0.15) is 0 Å². The van der Waals surface area contributed by atoms with Crippen LogP contribution in [0.1, 0.15) is 177 Å². The Balaban J connectivity index is -0.00000134. The third kappa shape index (κ3) is 34.7. The Morgan fingerprint density at radius 3 is 0.693 bits per heavy atom. The second-order valence-electron chi connectivity index (χ2n) is 16.8. The Kier molecular flexibility index (Phi) is 44.8. The molecule has 0 radical (unpaired) electrons. The Bertz CT molecular complexity index is 1580. The molecule has 0 aliphatic carbocycles. The molecular formula is C50H86N4O21. The second kappa shape index (κ2) is 46.2. The highest BCUT2D eigenvalue weighted by atomic mass is 16.6. The molecule has 0 aromatic rings. The van der Waals surface area contributed by atoms with Gasteiger partial charge < -0.3 is 65.7 Å². The average Bonchev–Trinajstić information content (AvgIpc) is 3.34. The van der Waals surface area contributed by atoms with Crippen LogP contribution in [0.3, 0.4) is 0 Å². The summed E-state index contributed by atoms with van der Waals surface area (Å²) >= 11 is 0. The summed E-state index contributed by atoms with van der Waals surface area (Å²) in [5.41, 5.74) is 0. The maximum absolute atomic E-state index is 13.2. The van der Waals surface area contributed by atoms with Gasteiger partial charge in [0.05, 0.1) is 26.4 Å². The first-order valence-corrected chi connectivity index (χ1v) is 26.0. The van der Waals surface area contributed by atoms with E-state index in [1.54, 1.807) is 17.6 Å². The predicted molar refractivity (Wildman–Crippen MR) is 268 cm³/mol. The summed E-state index contributed by atoms with van der Waals surface area (Å²) in [6.45, 7) is 12.2. The number of aliphatic hydroxyl groups is 1. The van der Waals surface area contributed by atoms with Gasteiger partial charge in [0.1, 0.15) is 11.8 Å². The fourth-order valence-electron chi connectivity index (χ4n) is 6.84. The molecule has 0 rings (SSSR count). The summed E-state index contributed by atoms with van der Waals surface area (Å²) < 4.78 is 19.5. The normalized spacial score (nSPS) is 10.6. The molecule has 0 aliphatic heterocycles. The largest absolute Gasteiger partial charge is 0.479 e. The van der Waals surface area contributed by atoms with Crippen LogP contribution in [0.4, 0.5) is 0 Å². The van der Waals surface area contributed by atoms with E-state index in [-0.39, 0.29) is 45.9 Å². The second-order valence-corrected chi connectivity index (χ2v) is 16.8. The van der Waals surface area contributed by atoms with E-state index in [1.165, 1.54) is 53.4 Å². The smallest absolute Gasteiger partial charge is 0.340 e. The number of rotatable bonds is 40. The summed E-state index contributed by atoms with van der Waals surface area (Å²) in [6, 6.07) is -8.18. The minimum absolute atomic E-state index is 0.0459. The molecule has 0 saturated heterocycles. The number of carboxylic acid groups (broad SMARTS) is 4. The van der Waals surface area contributed by atoms with Gasteiger partial charge in [0, 0.05) is 6.61 Å². The van der Waals surface area contributed by atoms with E-state index in [2.05, 4.69) is 24.5 Å². The molecule has 9 N–H and O–H groups in total. The molecule has 0 spiro atoms. The third-order valence-corrected chi connectivity index (χ3v) is 10.7. The molecule has 0 unspecified atom stereocenters. The van der Waals surface area contributed by atoms with E-state index in [1.807, 2.05) is 0 Å². The van der Waals surface area contributed by atoms with Crippen LogP contribution in [0.25, 0.3) is 0 Å². The average molecular weight is 1080 g/mol. The van der Waals surface area contributed by atoms with Crippen molar-refractivity contribution in [2.24, 2.45) is 11.8 Å². The highest BCUT2D eigenvalue weighted by molar-refractivity contribution is 6.10. The lowest BCUT2D eigenvalue weighted by Gasteiger charge is -2.22. The maximum atomic E-state index is 13.2. The number of carbonyl (C=O) groups is 12. The number of aliphatic hydroxyl groups excluding tert-OH is 1. The molecular weight excluding hydrogens is 993 g/mol. The van der Waals surface area contributed by atoms with Crippen molar-refractivity contribution >= 4 is 71.4 Å². The third-order valence-electron chi connectivity index (χ3n) is 10.7. The number of esters is 4. The van der Waals surface area contributed by atoms with Crippen LogP contribution in [-0.2, 0) is 76.5 Å². The van der Waals surface area contributed by atoms with Gasteiger partial charge in [-0.3, -0.25) is 19.2 Å². The number of hydrogen-bond donors (Lipinski definition) is 9. The standard InChI is InChI=1S/C28H48N2O10.C20H32N2O10.C2H6O/c1-6-11-12-13-14-15-16-17-18-19-20(23(31)29-21(25(33)37-7-2)26(34)38-8-3)24(32)30-22(27(35)39-9-4)28(36)40-10-5;1-2-3-4-5-6-7-8-9-10-11-12(15(23)21-13(17(25)26)18(27)28)16(24)22-14(19(29)30)20(31)32;1-2-3/h20-22H,6-19H2,1-5H3,(H,29,31)(H,30,32);12-14H,2-11H2,1H3,(H,21,23)(H,22,24)(H,25,26)(H,27,28)(H,29,30)(H,31,32);3H,2H2,1H3. The molecule has 0 aromatic heterocycles. The lowest BCUT2D eigenvalue weighted by molar-refractivity contribution is -0.161. The van der Waals surface area contributed by atoms with Gasteiger partial charge in [-0.1, -0.05) is 129 Å². The quantitative estimate of drug-likeness (QED) is 0.0183. The summed E-state index contributed by atoms with van der Waals surface area (Å²) in [4.78, 5) is 145. The van der Waals surface area contributed by atoms with E-state index in [0.717, 1.165) is 70.6 Å². The van der Waals surface area contributed by atoms with Crippen LogP contribution in [0.5, 0.6) is 0 Å². The number of amides is 4. The molecule has 0 atom stereocenters. The number of ether oxygens (including phenoxy) is 4. The molecule has 0 heterocycles. The zero-order chi connectivity index (χ0) is 57.7. The molecule has 75 heavy (non-hydrogen) atoms. The number of carbonyl (C=O) groups excluding carboxylic acids is 8. The lowest BCUT2D eigenvalue weighted by atomic mass is 9.97. The van der Waals surface area contributed by atoms with Crippen LogP contribution in [0, 0.1) is 11.8 Å². The summed E-state index contributed by atoms with van der Waals surface area (Å²) in [7, 11) is 0. The summed E-state index contributed by atoms with van der Waals surface area (Å²) in [5.74, 6) is -19.0. The first-order chi connectivity index (χ1) is 35.6. The van der Waals surface area contributed by atoms with Gasteiger partial charge in [-0.15, -0.1) is 0 Å². The summed E-state index contributed by atoms with van der Waals surface area (Å²) in [6.07, 6.45) is 17.3. The number of unbranched alkanes of at least 4 members (excludes halogenated alkanes) is 16. The number of aliphatic carboxylic acids is 4. The van der Waals surface area contributed by atoms with E-state index in [9.17, 15) is 57.5 Å². The molecule has 0 fully saturated rings. The molecule has 25 heteroatoms. The molecule has 0 bridgehead atoms. The van der Waals surface area contributed by atoms with Crippen molar-refractivity contribution in [1.29, 1.82) is 0 Å². The highest BCUT2D eigenvalue weighted by Crippen LogP contribution is 2.17. The van der Waals surface area contributed by atoms with Crippen LogP contribution in [0.15, 0.2) is 0 Å². The van der Waals surface area contributed by atoms with Gasteiger partial charge >= 0.3 is 47.8 Å². The molecule has 4 amide bonds. The van der Waals surface area contributed by atoms with Crippen molar-refractivity contribution in [3.8, 4) is 0 Å². The Morgan fingerprint density at radius 1 is 0.320 bits per heavy atom. The SMILES string of the molecule is CCCCCCCCCCCC(C(=O)NC(C(=O)O)C(=O)O)C(=O)NC(C(=O)O)C(=O)O.CCCCCCCCCCCC(C(=O)NC(C(=O)OCC)C(=O)OCC)C(=O)NC(C(=O)OCC)C(=O)OCC.CCO. The van der Waals surface area contributed by atoms with Crippen LogP contribution in [-0.4, -0.2) is 154 Å². The van der Waals surface area contributed by atoms with E-state index < -0.39 is 107 Å². The van der Waals surface area contributed by atoms with Gasteiger partial charge in [0.2, 0.25) is 47.8 Å². The topological polar surface area (TPSA) is 391 Å². The Hall–Kier alpha value is -6.40. The lowest BCUT2D eigenvalue weighted by Crippen LogP contribution is -2.55. The van der Waals surface area contributed by atoms with Crippen molar-refractivity contribution in [2.45, 2.75) is 201 Å². The number of carboxylic acids is 4. The Morgan fingerprint density at radius 2 is 0.507 bits per heavy atom. The minimum Gasteiger partial charge on any atom is -0.479 e. The highest BCUT2D eigenvalue weighted by Gasteiger charge is 2.40. The monoisotopic (exact) mass is 1080 g/mol. The van der Waals surface area contributed by atoms with Crippen molar-refractivity contribution in [2.75, 3.05) is 33.0 Å². The van der Waals surface area contributed by atoms with Gasteiger partial charge in [-0.05, 0) is 47.5 Å². The van der Waals surface area contributed by atoms with Crippen LogP contribution in [0.2, 0.25) is 0 Å². The van der Waals surface area contributed by atoms with Crippen molar-refractivity contribution in [3.05, 3.63) is 0 Å². The Labute approximate surface area is 439 Å². The van der Waals surface area contributed by atoms with Crippen molar-refractivity contribution in [1.82, 2.24) is 21.3 Å². The van der Waals surface area contributed by atoms with Crippen LogP contribution >= 0.6 is 0 Å². The molecule has 0 aromatic carbocycles. The minimum atomic E-state index is -2.31. The zero-order valence-corrected chi connectivity index (χ0v) is 44.9. The fourth-order valence-corrected chi connectivity index (χ4v) is 6.84. The number of nitrogens with one attached hydrogen (secondary N) is 4. The first-order valence-electron chi connectivity index (χ1n) is 26.0. The molecule has 0 saturated carbocycles. The van der Waals surface area contributed by atoms with E-state index in [4.69, 9.17) is 44.5 Å². The molecule has 25 nitrogen and oxygen atoms in total. The van der Waals surface area contributed by atoms with Gasteiger partial charge in [-0.25, -0.2) is 38.4 Å². The summed E-state index contributed by atoms with van der Waals surface area (Å²) in [5, 5.41) is 51.1. The van der Waals surface area contributed by atoms with Crippen molar-refractivity contribution in [3.63, 3.8) is 0 Å². The fraction of sp³-hybridized carbons (Fsp3) is 0.760. The van der Waals surface area contributed by atoms with Crippen LogP contribution < -0.4 is 21.3 Å². The van der Waals surface area contributed by atoms with Gasteiger partial charge in [0.25, 0.3) is 0 Å². The molecule has 432 valence electrons. The number of hydrogen-bond acceptors (Lipinski definition) is 17. The first kappa shape index (κ1) is 72.8. The predicted octanol–water partition coefficient (Wildman–Crippen LogP) is 3.58. The van der Waals surface area contributed by atoms with E-state index >= 15 is 0 Å². The molecule has 0 aliphatic rings. The zero-order valence-electron chi connectivity index (χ0n) is 44.9. The van der Waals surface area contributed by atoms with E-state index in [0.29, 0.717) is 19.3 Å². The van der Waals surface area contributed by atoms with Gasteiger partial charge in [0.15, 0.2) is 0 Å². The maximum Gasteiger partial charge on any atom is 0.340 e. The van der Waals surface area contributed by atoms with Crippen molar-refractivity contribution < 1.29 is 102 Å².